The Hall–Kier alpha value is -3.47. The number of nitrogens with zero attached hydrogens (tertiary/aromatic N) is 3. The van der Waals surface area contributed by atoms with Crippen LogP contribution in [0.4, 0.5) is 0 Å². The number of carbonyl (C=O) groups excluding carboxylic acids is 2. The predicted molar refractivity (Wildman–Crippen MR) is 129 cm³/mol. The summed E-state index contributed by atoms with van der Waals surface area (Å²) in [5.41, 5.74) is 2.99. The van der Waals surface area contributed by atoms with E-state index >= 15 is 0 Å². The lowest BCUT2D eigenvalue weighted by Crippen LogP contribution is -2.29. The lowest BCUT2D eigenvalue weighted by molar-refractivity contribution is 0.0572. The van der Waals surface area contributed by atoms with Crippen LogP contribution >= 0.6 is 11.3 Å². The molecule has 3 aromatic heterocycles. The van der Waals surface area contributed by atoms with Gasteiger partial charge in [-0.05, 0) is 25.1 Å². The van der Waals surface area contributed by atoms with Crippen LogP contribution in [0, 0.1) is 6.92 Å². The number of hydrogen-bond acceptors (Lipinski definition) is 7. The molecule has 9 nitrogen and oxygen atoms in total. The molecule has 176 valence electrons. The summed E-state index contributed by atoms with van der Waals surface area (Å²) in [5, 5.41) is 23.1. The van der Waals surface area contributed by atoms with E-state index in [-0.39, 0.29) is 24.9 Å². The second kappa shape index (κ2) is 8.39. The van der Waals surface area contributed by atoms with Crippen LogP contribution in [-0.2, 0) is 7.05 Å². The van der Waals surface area contributed by atoms with E-state index in [0.717, 1.165) is 21.3 Å². The number of aliphatic hydroxyl groups excluding tert-OH is 2. The molecule has 0 radical (unpaired) electrons. The summed E-state index contributed by atoms with van der Waals surface area (Å²) in [4.78, 5) is 31.5. The predicted octanol–water partition coefficient (Wildman–Crippen LogP) is 2.43. The summed E-state index contributed by atoms with van der Waals surface area (Å²) < 4.78 is 8.87. The quantitative estimate of drug-likeness (QED) is 0.413. The third kappa shape index (κ3) is 3.60. The Kier molecular flexibility index (Phi) is 5.51. The fourth-order valence-corrected chi connectivity index (χ4v) is 5.37. The van der Waals surface area contributed by atoms with Crippen LogP contribution in [0.25, 0.3) is 21.1 Å². The zero-order valence-corrected chi connectivity index (χ0v) is 19.7. The molecule has 1 saturated heterocycles. The lowest BCUT2D eigenvalue weighted by atomic mass is 10.1. The minimum atomic E-state index is -0.935. The number of β-amino-alcohol motifs (C(OH)–C–C–N with tert-alkyl or cyclic N) is 2. The topological polar surface area (TPSA) is 117 Å². The van der Waals surface area contributed by atoms with Gasteiger partial charge in [0, 0.05) is 56.6 Å². The summed E-state index contributed by atoms with van der Waals surface area (Å²) in [7, 11) is 3.52. The van der Waals surface area contributed by atoms with E-state index in [0.29, 0.717) is 27.5 Å². The molecule has 1 aromatic carbocycles. The van der Waals surface area contributed by atoms with Crippen molar-refractivity contribution in [2.75, 3.05) is 20.1 Å². The van der Waals surface area contributed by atoms with E-state index < -0.39 is 12.2 Å². The van der Waals surface area contributed by atoms with Crippen molar-refractivity contribution in [2.45, 2.75) is 19.1 Å². The highest BCUT2D eigenvalue weighted by Crippen LogP contribution is 2.37. The molecule has 2 amide bonds. The maximum Gasteiger partial charge on any atom is 0.264 e. The van der Waals surface area contributed by atoms with Gasteiger partial charge in [0.2, 0.25) is 0 Å². The smallest absolute Gasteiger partial charge is 0.264 e. The first kappa shape index (κ1) is 22.3. The molecule has 1 aliphatic heterocycles. The summed E-state index contributed by atoms with van der Waals surface area (Å²) in [6.07, 6.45) is -0.248. The largest absolute Gasteiger partial charge is 0.456 e. The number of ether oxygens (including phenoxy) is 1. The Bertz CT molecular complexity index is 1430. The zero-order chi connectivity index (χ0) is 24.1. The van der Waals surface area contributed by atoms with Gasteiger partial charge in [0.05, 0.1) is 38.4 Å². The number of aliphatic hydroxyl groups is 2. The number of nitrogens with one attached hydrogen (secondary N) is 1. The van der Waals surface area contributed by atoms with E-state index in [1.807, 2.05) is 36.7 Å². The fraction of sp³-hybridized carbons (Fsp3) is 0.292. The number of aromatic nitrogens is 2. The molecular formula is C24H24N4O5S. The first-order valence-corrected chi connectivity index (χ1v) is 11.6. The summed E-state index contributed by atoms with van der Waals surface area (Å²) >= 11 is 1.26. The van der Waals surface area contributed by atoms with Crippen molar-refractivity contribution in [2.24, 2.45) is 7.05 Å². The van der Waals surface area contributed by atoms with Crippen LogP contribution in [0.5, 0.6) is 11.5 Å². The first-order valence-electron chi connectivity index (χ1n) is 10.8. The average Bonchev–Trinajstić information content (AvgIpc) is 3.48. The number of thiophene rings is 1. The molecule has 0 aliphatic carbocycles. The van der Waals surface area contributed by atoms with Gasteiger partial charge in [-0.1, -0.05) is 0 Å². The van der Waals surface area contributed by atoms with E-state index in [9.17, 15) is 19.8 Å². The van der Waals surface area contributed by atoms with Crippen LogP contribution in [0.15, 0.2) is 36.5 Å². The minimum Gasteiger partial charge on any atom is -0.456 e. The van der Waals surface area contributed by atoms with Crippen molar-refractivity contribution in [3.63, 3.8) is 0 Å². The van der Waals surface area contributed by atoms with Crippen LogP contribution in [0.3, 0.4) is 0 Å². The van der Waals surface area contributed by atoms with E-state index in [1.54, 1.807) is 25.4 Å². The van der Waals surface area contributed by atoms with Crippen molar-refractivity contribution in [1.29, 1.82) is 0 Å². The number of rotatable bonds is 4. The highest BCUT2D eigenvalue weighted by atomic mass is 32.1. The second-order valence-electron chi connectivity index (χ2n) is 8.36. The number of carbonyl (C=O) groups is 2. The highest BCUT2D eigenvalue weighted by molar-refractivity contribution is 7.21. The summed E-state index contributed by atoms with van der Waals surface area (Å²) in [6, 6.07) is 9.01. The lowest BCUT2D eigenvalue weighted by Gasteiger charge is -2.13. The summed E-state index contributed by atoms with van der Waals surface area (Å²) in [6.45, 7) is 2.10. The molecule has 34 heavy (non-hydrogen) atoms. The fourth-order valence-electron chi connectivity index (χ4n) is 4.34. The third-order valence-electron chi connectivity index (χ3n) is 6.28. The molecule has 4 heterocycles. The molecule has 5 rings (SSSR count). The Morgan fingerprint density at radius 1 is 1.18 bits per heavy atom. The number of amides is 2. The van der Waals surface area contributed by atoms with Crippen molar-refractivity contribution < 1.29 is 24.5 Å². The summed E-state index contributed by atoms with van der Waals surface area (Å²) in [5.74, 6) is 0.761. The van der Waals surface area contributed by atoms with Crippen LogP contribution in [0.1, 0.15) is 25.7 Å². The maximum absolute atomic E-state index is 12.9. The van der Waals surface area contributed by atoms with Gasteiger partial charge in [-0.3, -0.25) is 14.6 Å². The van der Waals surface area contributed by atoms with Gasteiger partial charge in [0.1, 0.15) is 11.5 Å². The van der Waals surface area contributed by atoms with Crippen LogP contribution < -0.4 is 10.1 Å². The van der Waals surface area contributed by atoms with Crippen molar-refractivity contribution in [1.82, 2.24) is 19.8 Å². The van der Waals surface area contributed by atoms with Crippen molar-refractivity contribution in [3.05, 3.63) is 52.7 Å². The molecule has 1 fully saturated rings. The number of aryl methyl sites for hydroxylation is 1. The number of fused-ring (bicyclic) bond motifs is 2. The first-order chi connectivity index (χ1) is 16.3. The van der Waals surface area contributed by atoms with Gasteiger partial charge in [-0.15, -0.1) is 11.3 Å². The maximum atomic E-state index is 12.9. The van der Waals surface area contributed by atoms with E-state index in [4.69, 9.17) is 4.74 Å². The molecule has 0 spiro atoms. The zero-order valence-electron chi connectivity index (χ0n) is 18.9. The van der Waals surface area contributed by atoms with Gasteiger partial charge in [0.15, 0.2) is 0 Å². The van der Waals surface area contributed by atoms with Gasteiger partial charge in [-0.2, -0.15) is 0 Å². The monoisotopic (exact) mass is 480 g/mol. The number of pyridine rings is 1. The molecular weight excluding hydrogens is 456 g/mol. The Morgan fingerprint density at radius 3 is 2.62 bits per heavy atom. The third-order valence-corrected chi connectivity index (χ3v) is 7.41. The number of benzene rings is 1. The molecule has 0 saturated carbocycles. The molecule has 2 atom stereocenters. The van der Waals surface area contributed by atoms with Crippen LogP contribution in [0.2, 0.25) is 0 Å². The second-order valence-corrected chi connectivity index (χ2v) is 9.41. The Balaban J connectivity index is 1.48. The number of likely N-dealkylation sites (tertiary alicyclic amines) is 1. The normalized spacial score (nSPS) is 18.1. The van der Waals surface area contributed by atoms with Gasteiger partial charge in [0.25, 0.3) is 11.8 Å². The number of hydrogen-bond donors (Lipinski definition) is 3. The molecule has 4 aromatic rings. The minimum absolute atomic E-state index is 0.0964. The molecule has 10 heteroatoms. The Labute approximate surface area is 199 Å². The molecule has 3 N–H and O–H groups in total. The molecule has 0 bridgehead atoms. The van der Waals surface area contributed by atoms with Crippen molar-refractivity contribution >= 4 is 44.3 Å². The van der Waals surface area contributed by atoms with E-state index in [2.05, 4.69) is 10.3 Å². The molecule has 1 aliphatic rings. The Morgan fingerprint density at radius 2 is 1.91 bits per heavy atom. The van der Waals surface area contributed by atoms with Gasteiger partial charge >= 0.3 is 0 Å². The molecule has 1 unspecified atom stereocenters. The standard InChI is InChI=1S/C24H24N4O5S/c1-12-21(23(31)25-2)14-5-4-13(8-16(14)27(12)3)33-19-6-7-26-15-9-20(34-22(15)19)24(32)28-10-17(29)18(30)11-28/h4-9,17-18,29-30H,10-11H2,1-3H3,(H,25,31)/t17-,18?/m1/s1. The SMILES string of the molecule is CNC(=O)c1c(C)n(C)c2cc(Oc3ccnc4cc(C(=O)N5CC(O)[C@H](O)C5)sc34)ccc12. The van der Waals surface area contributed by atoms with Gasteiger partial charge < -0.3 is 29.7 Å². The highest BCUT2D eigenvalue weighted by Gasteiger charge is 2.33. The van der Waals surface area contributed by atoms with Crippen molar-refractivity contribution in [3.8, 4) is 11.5 Å². The van der Waals surface area contributed by atoms with E-state index in [1.165, 1.54) is 16.2 Å². The average molecular weight is 481 g/mol. The van der Waals surface area contributed by atoms with Gasteiger partial charge in [-0.25, -0.2) is 0 Å². The van der Waals surface area contributed by atoms with Crippen LogP contribution in [-0.4, -0.2) is 68.8 Å².